The lowest BCUT2D eigenvalue weighted by molar-refractivity contribution is 0.102. The third-order valence-electron chi connectivity index (χ3n) is 3.18. The van der Waals surface area contributed by atoms with Gasteiger partial charge < -0.3 is 10.1 Å². The fraction of sp³-hybridized carbons (Fsp3) is 0.125. The van der Waals surface area contributed by atoms with E-state index in [0.29, 0.717) is 29.2 Å². The minimum Gasteiger partial charge on any atom is -0.380 e. The third kappa shape index (κ3) is 3.41. The summed E-state index contributed by atoms with van der Waals surface area (Å²) in [4.78, 5) is 20.7. The molecule has 0 aliphatic carbocycles. The lowest BCUT2D eigenvalue weighted by atomic mass is 10.2. The summed E-state index contributed by atoms with van der Waals surface area (Å²) in [5, 5.41) is 9.65. The fourth-order valence-electron chi connectivity index (χ4n) is 2.14. The highest BCUT2D eigenvalue weighted by molar-refractivity contribution is 6.05. The number of aromatic amines is 1. The van der Waals surface area contributed by atoms with Crippen molar-refractivity contribution in [1.29, 1.82) is 0 Å². The van der Waals surface area contributed by atoms with Gasteiger partial charge in [0.25, 0.3) is 5.91 Å². The van der Waals surface area contributed by atoms with Crippen molar-refractivity contribution in [3.8, 4) is 11.4 Å². The van der Waals surface area contributed by atoms with Gasteiger partial charge in [0, 0.05) is 25.7 Å². The number of hydrogen-bond donors (Lipinski definition) is 2. The number of rotatable bonds is 5. The molecule has 0 spiro atoms. The molecule has 1 amide bonds. The van der Waals surface area contributed by atoms with Gasteiger partial charge in [-0.05, 0) is 23.8 Å². The predicted octanol–water partition coefficient (Wildman–Crippen LogP) is 2.27. The number of ether oxygens (including phenoxy) is 1. The maximum atomic E-state index is 12.4. The van der Waals surface area contributed by atoms with Crippen molar-refractivity contribution in [2.45, 2.75) is 6.61 Å². The lowest BCUT2D eigenvalue weighted by Gasteiger charge is -2.06. The van der Waals surface area contributed by atoms with Gasteiger partial charge in [0.15, 0.2) is 0 Å². The van der Waals surface area contributed by atoms with Gasteiger partial charge in [0.2, 0.25) is 0 Å². The largest absolute Gasteiger partial charge is 0.380 e. The highest BCUT2D eigenvalue weighted by atomic mass is 16.5. The zero-order valence-corrected chi connectivity index (χ0v) is 12.5. The topological polar surface area (TPSA) is 92.8 Å². The average Bonchev–Trinajstić information content (AvgIpc) is 3.04. The molecule has 3 aromatic rings. The van der Waals surface area contributed by atoms with Crippen LogP contribution in [0.5, 0.6) is 0 Å². The van der Waals surface area contributed by atoms with Gasteiger partial charge in [0.05, 0.1) is 29.7 Å². The number of aromatic nitrogens is 4. The van der Waals surface area contributed by atoms with E-state index >= 15 is 0 Å². The maximum Gasteiger partial charge on any atom is 0.257 e. The number of pyridine rings is 2. The zero-order chi connectivity index (χ0) is 16.1. The van der Waals surface area contributed by atoms with Gasteiger partial charge in [-0.2, -0.15) is 5.10 Å². The van der Waals surface area contributed by atoms with E-state index in [9.17, 15) is 4.79 Å². The Bertz CT molecular complexity index is 801. The molecule has 23 heavy (non-hydrogen) atoms. The molecule has 3 heterocycles. The number of H-pyrrole nitrogens is 1. The number of nitrogens with one attached hydrogen (secondary N) is 2. The number of carbonyl (C=O) groups excluding carboxylic acids is 1. The van der Waals surface area contributed by atoms with Crippen LogP contribution in [0.4, 0.5) is 5.69 Å². The summed E-state index contributed by atoms with van der Waals surface area (Å²) >= 11 is 0. The molecule has 116 valence electrons. The Labute approximate surface area is 132 Å². The molecule has 0 unspecified atom stereocenters. The molecule has 0 radical (unpaired) electrons. The van der Waals surface area contributed by atoms with Crippen molar-refractivity contribution in [3.05, 3.63) is 60.2 Å². The van der Waals surface area contributed by atoms with E-state index in [1.807, 2.05) is 18.2 Å². The summed E-state index contributed by atoms with van der Waals surface area (Å²) in [5.74, 6) is -0.269. The summed E-state index contributed by atoms with van der Waals surface area (Å²) in [6.45, 7) is 0.402. The van der Waals surface area contributed by atoms with E-state index in [1.54, 1.807) is 31.8 Å². The van der Waals surface area contributed by atoms with E-state index in [-0.39, 0.29) is 5.91 Å². The Morgan fingerprint density at radius 1 is 1.30 bits per heavy atom. The Kier molecular flexibility index (Phi) is 4.39. The summed E-state index contributed by atoms with van der Waals surface area (Å²) in [6.07, 6.45) is 6.40. The van der Waals surface area contributed by atoms with Crippen molar-refractivity contribution in [1.82, 2.24) is 20.2 Å². The fourth-order valence-corrected chi connectivity index (χ4v) is 2.14. The standard InChI is InChI=1S/C16H15N5O2/c1-23-10-11-6-12(8-17-7-11)16(22)20-14-9-19-21-15(14)13-4-2-3-5-18-13/h2-9H,10H2,1H3,(H,19,21)(H,20,22). The first kappa shape index (κ1) is 14.9. The molecule has 0 aliphatic heterocycles. The van der Waals surface area contributed by atoms with Crippen molar-refractivity contribution < 1.29 is 9.53 Å². The second-order valence-electron chi connectivity index (χ2n) is 4.84. The van der Waals surface area contributed by atoms with Gasteiger partial charge >= 0.3 is 0 Å². The SMILES string of the molecule is COCc1cncc(C(=O)Nc2cn[nH]c2-c2ccccn2)c1. The number of carbonyl (C=O) groups is 1. The van der Waals surface area contributed by atoms with E-state index in [2.05, 4.69) is 25.5 Å². The van der Waals surface area contributed by atoms with Crippen LogP contribution in [0.1, 0.15) is 15.9 Å². The maximum absolute atomic E-state index is 12.4. The van der Waals surface area contributed by atoms with E-state index in [1.165, 1.54) is 6.20 Å². The summed E-state index contributed by atoms with van der Waals surface area (Å²) < 4.78 is 5.05. The normalized spacial score (nSPS) is 10.5. The highest BCUT2D eigenvalue weighted by Gasteiger charge is 2.13. The number of nitrogens with zero attached hydrogens (tertiary/aromatic N) is 3. The molecule has 0 aliphatic rings. The van der Waals surface area contributed by atoms with Crippen LogP contribution in [-0.4, -0.2) is 33.2 Å². The van der Waals surface area contributed by atoms with Gasteiger partial charge in [-0.1, -0.05) is 6.07 Å². The molecule has 7 heteroatoms. The summed E-state index contributed by atoms with van der Waals surface area (Å²) in [7, 11) is 1.59. The van der Waals surface area contributed by atoms with E-state index in [4.69, 9.17) is 4.74 Å². The van der Waals surface area contributed by atoms with Crippen LogP contribution < -0.4 is 5.32 Å². The van der Waals surface area contributed by atoms with Gasteiger partial charge in [-0.3, -0.25) is 19.9 Å². The molecule has 0 fully saturated rings. The molecule has 0 bridgehead atoms. The number of methoxy groups -OCH3 is 1. The second-order valence-corrected chi connectivity index (χ2v) is 4.84. The summed E-state index contributed by atoms with van der Waals surface area (Å²) in [5.41, 5.74) is 3.20. The Morgan fingerprint density at radius 3 is 3.00 bits per heavy atom. The molecule has 0 aromatic carbocycles. The minimum absolute atomic E-state index is 0.269. The first-order valence-electron chi connectivity index (χ1n) is 6.97. The third-order valence-corrected chi connectivity index (χ3v) is 3.18. The number of amides is 1. The monoisotopic (exact) mass is 309 g/mol. The smallest absolute Gasteiger partial charge is 0.257 e. The summed E-state index contributed by atoms with van der Waals surface area (Å²) in [6, 6.07) is 7.27. The van der Waals surface area contributed by atoms with Crippen molar-refractivity contribution in [2.24, 2.45) is 0 Å². The second kappa shape index (κ2) is 6.80. The number of hydrogen-bond acceptors (Lipinski definition) is 5. The average molecular weight is 309 g/mol. The molecule has 2 N–H and O–H groups in total. The predicted molar refractivity (Wildman–Crippen MR) is 84.7 cm³/mol. The molecule has 0 atom stereocenters. The molecular weight excluding hydrogens is 294 g/mol. The first-order valence-corrected chi connectivity index (χ1v) is 6.97. The molecule has 7 nitrogen and oxygen atoms in total. The van der Waals surface area contributed by atoms with Crippen LogP contribution in [0.15, 0.2) is 49.1 Å². The van der Waals surface area contributed by atoms with Gasteiger partial charge in [0.1, 0.15) is 5.69 Å². The Morgan fingerprint density at radius 2 is 2.22 bits per heavy atom. The van der Waals surface area contributed by atoms with Gasteiger partial charge in [-0.15, -0.1) is 0 Å². The number of anilines is 1. The lowest BCUT2D eigenvalue weighted by Crippen LogP contribution is -2.13. The van der Waals surface area contributed by atoms with Crippen LogP contribution in [-0.2, 0) is 11.3 Å². The molecule has 0 saturated heterocycles. The molecule has 0 saturated carbocycles. The van der Waals surface area contributed by atoms with Gasteiger partial charge in [-0.25, -0.2) is 0 Å². The quantitative estimate of drug-likeness (QED) is 0.754. The van der Waals surface area contributed by atoms with Crippen LogP contribution in [0, 0.1) is 0 Å². The molecular formula is C16H15N5O2. The van der Waals surface area contributed by atoms with Crippen LogP contribution in [0.25, 0.3) is 11.4 Å². The van der Waals surface area contributed by atoms with Crippen molar-refractivity contribution in [3.63, 3.8) is 0 Å². The minimum atomic E-state index is -0.269. The van der Waals surface area contributed by atoms with E-state index in [0.717, 1.165) is 5.56 Å². The van der Waals surface area contributed by atoms with Crippen molar-refractivity contribution >= 4 is 11.6 Å². The van der Waals surface area contributed by atoms with E-state index < -0.39 is 0 Å². The van der Waals surface area contributed by atoms with Crippen LogP contribution >= 0.6 is 0 Å². The van der Waals surface area contributed by atoms with Crippen molar-refractivity contribution in [2.75, 3.05) is 12.4 Å². The highest BCUT2D eigenvalue weighted by Crippen LogP contribution is 2.23. The molecule has 3 aromatic heterocycles. The zero-order valence-electron chi connectivity index (χ0n) is 12.5. The Hall–Kier alpha value is -3.06. The Balaban J connectivity index is 1.82. The first-order chi connectivity index (χ1) is 11.3. The van der Waals surface area contributed by atoms with Crippen LogP contribution in [0.3, 0.4) is 0 Å². The molecule has 3 rings (SSSR count). The van der Waals surface area contributed by atoms with Crippen LogP contribution in [0.2, 0.25) is 0 Å².